The Bertz CT molecular complexity index is 1190. The zero-order chi connectivity index (χ0) is 23.2. The number of oxazole rings is 1. The number of benzene rings is 1. The maximum Gasteiger partial charge on any atom is 0.254 e. The van der Waals surface area contributed by atoms with Gasteiger partial charge < -0.3 is 19.2 Å². The molecule has 5 rings (SSSR count). The van der Waals surface area contributed by atoms with E-state index in [9.17, 15) is 9.90 Å². The molecule has 2 atom stereocenters. The summed E-state index contributed by atoms with van der Waals surface area (Å²) in [5.41, 5.74) is 1.72. The van der Waals surface area contributed by atoms with Crippen LogP contribution in [0.4, 0.5) is 0 Å². The molecule has 1 aliphatic heterocycles. The van der Waals surface area contributed by atoms with Gasteiger partial charge in [-0.3, -0.25) is 9.78 Å². The first-order valence-electron chi connectivity index (χ1n) is 11.5. The Hall–Kier alpha value is -2.64. The van der Waals surface area contributed by atoms with Crippen molar-refractivity contribution in [3.05, 3.63) is 52.6 Å². The second kappa shape index (κ2) is 8.61. The molecule has 1 amide bonds. The molecule has 7 nitrogen and oxygen atoms in total. The fraction of sp³-hybridized carbons (Fsp3) is 0.480. The molecule has 0 spiro atoms. The van der Waals surface area contributed by atoms with E-state index < -0.39 is 5.60 Å². The number of ether oxygens (including phenoxy) is 1. The van der Waals surface area contributed by atoms with Gasteiger partial charge in [-0.25, -0.2) is 4.98 Å². The Morgan fingerprint density at radius 3 is 2.85 bits per heavy atom. The van der Waals surface area contributed by atoms with E-state index in [1.54, 1.807) is 31.5 Å². The van der Waals surface area contributed by atoms with Gasteiger partial charge in [-0.05, 0) is 62.3 Å². The molecule has 8 heteroatoms. The van der Waals surface area contributed by atoms with Gasteiger partial charge in [0.2, 0.25) is 0 Å². The zero-order valence-corrected chi connectivity index (χ0v) is 19.6. The number of halogens is 1. The molecule has 1 saturated heterocycles. The molecule has 3 heterocycles. The number of aromatic nitrogens is 2. The van der Waals surface area contributed by atoms with Gasteiger partial charge in [-0.2, -0.15) is 0 Å². The van der Waals surface area contributed by atoms with E-state index in [0.29, 0.717) is 58.6 Å². The molecule has 1 N–H and O–H groups in total. The molecule has 2 fully saturated rings. The highest BCUT2D eigenvalue weighted by atomic mass is 35.5. The number of aryl methyl sites for hydroxylation is 2. The van der Waals surface area contributed by atoms with Crippen LogP contribution in [0.25, 0.3) is 11.1 Å². The molecule has 1 saturated carbocycles. The van der Waals surface area contributed by atoms with Crippen molar-refractivity contribution in [3.8, 4) is 5.75 Å². The number of amides is 1. The van der Waals surface area contributed by atoms with Crippen LogP contribution in [-0.2, 0) is 12.8 Å². The summed E-state index contributed by atoms with van der Waals surface area (Å²) in [6.07, 6.45) is 6.22. The quantitative estimate of drug-likeness (QED) is 0.574. The van der Waals surface area contributed by atoms with Crippen LogP contribution in [0.2, 0.25) is 5.02 Å². The van der Waals surface area contributed by atoms with E-state index in [4.69, 9.17) is 20.8 Å². The Balaban J connectivity index is 1.42. The van der Waals surface area contributed by atoms with Gasteiger partial charge in [-0.1, -0.05) is 18.5 Å². The van der Waals surface area contributed by atoms with E-state index >= 15 is 0 Å². The lowest BCUT2D eigenvalue weighted by atomic mass is 9.89. The SMILES string of the molecule is COc1cc(C(=O)N2CC(C)CCC2C2(O)CC2)cc2nc(CCc3cc(Cl)ccn3)oc12. The molecule has 33 heavy (non-hydrogen) atoms. The first kappa shape index (κ1) is 22.2. The average molecular weight is 470 g/mol. The van der Waals surface area contributed by atoms with Crippen molar-refractivity contribution < 1.29 is 19.1 Å². The van der Waals surface area contributed by atoms with Crippen LogP contribution in [0.1, 0.15) is 54.5 Å². The van der Waals surface area contributed by atoms with Crippen LogP contribution in [0.3, 0.4) is 0 Å². The largest absolute Gasteiger partial charge is 0.493 e. The van der Waals surface area contributed by atoms with Gasteiger partial charge in [0.1, 0.15) is 5.52 Å². The highest BCUT2D eigenvalue weighted by Crippen LogP contribution is 2.45. The van der Waals surface area contributed by atoms with Crippen LogP contribution in [-0.4, -0.2) is 51.2 Å². The van der Waals surface area contributed by atoms with Crippen molar-refractivity contribution in [2.45, 2.75) is 57.1 Å². The Morgan fingerprint density at radius 1 is 1.30 bits per heavy atom. The van der Waals surface area contributed by atoms with E-state index in [0.717, 1.165) is 31.4 Å². The van der Waals surface area contributed by atoms with Gasteiger partial charge in [0, 0.05) is 35.4 Å². The van der Waals surface area contributed by atoms with Crippen molar-refractivity contribution in [1.82, 2.24) is 14.9 Å². The third kappa shape index (κ3) is 4.44. The standard InChI is InChI=1S/C25H28ClN3O4/c1-15-3-5-21(25(31)8-9-25)29(14-15)24(30)16-11-19-23(20(12-16)32-2)33-22(28-19)6-4-18-13-17(26)7-10-27-18/h7,10-13,15,21,31H,3-6,8-9,14H2,1-2H3. The van der Waals surface area contributed by atoms with Crippen LogP contribution in [0.5, 0.6) is 5.75 Å². The van der Waals surface area contributed by atoms with E-state index in [-0.39, 0.29) is 11.9 Å². The summed E-state index contributed by atoms with van der Waals surface area (Å²) >= 11 is 6.05. The predicted octanol–water partition coefficient (Wildman–Crippen LogP) is 4.44. The molecule has 2 aliphatic rings. The summed E-state index contributed by atoms with van der Waals surface area (Å²) in [6, 6.07) is 6.90. The first-order valence-corrected chi connectivity index (χ1v) is 11.9. The van der Waals surface area contributed by atoms with Crippen LogP contribution in [0, 0.1) is 5.92 Å². The summed E-state index contributed by atoms with van der Waals surface area (Å²) in [5, 5.41) is 11.4. The van der Waals surface area contributed by atoms with Crippen molar-refractivity contribution in [1.29, 1.82) is 0 Å². The number of hydrogen-bond donors (Lipinski definition) is 1. The van der Waals surface area contributed by atoms with Crippen molar-refractivity contribution in [2.24, 2.45) is 5.92 Å². The monoisotopic (exact) mass is 469 g/mol. The Labute approximate surface area is 197 Å². The van der Waals surface area contributed by atoms with E-state index in [1.807, 2.05) is 11.0 Å². The Morgan fingerprint density at radius 2 is 2.12 bits per heavy atom. The van der Waals surface area contributed by atoms with Crippen molar-refractivity contribution in [3.63, 3.8) is 0 Å². The number of likely N-dealkylation sites (tertiary alicyclic amines) is 1. The summed E-state index contributed by atoms with van der Waals surface area (Å²) < 4.78 is 11.5. The maximum atomic E-state index is 13.6. The molecule has 2 aromatic heterocycles. The van der Waals surface area contributed by atoms with Crippen molar-refractivity contribution in [2.75, 3.05) is 13.7 Å². The fourth-order valence-electron chi connectivity index (χ4n) is 4.81. The van der Waals surface area contributed by atoms with Gasteiger partial charge in [-0.15, -0.1) is 0 Å². The number of carbonyl (C=O) groups is 1. The number of carbonyl (C=O) groups excluding carboxylic acids is 1. The first-order chi connectivity index (χ1) is 15.9. The third-order valence-corrected chi connectivity index (χ3v) is 7.04. The topological polar surface area (TPSA) is 88.7 Å². The number of fused-ring (bicyclic) bond motifs is 1. The fourth-order valence-corrected chi connectivity index (χ4v) is 5.00. The summed E-state index contributed by atoms with van der Waals surface area (Å²) in [7, 11) is 1.56. The normalized spacial score (nSPS) is 21.9. The molecule has 0 bridgehead atoms. The second-order valence-electron chi connectivity index (χ2n) is 9.36. The molecule has 174 valence electrons. The smallest absolute Gasteiger partial charge is 0.254 e. The highest BCUT2D eigenvalue weighted by molar-refractivity contribution is 6.30. The number of hydrogen-bond acceptors (Lipinski definition) is 6. The molecule has 1 aliphatic carbocycles. The molecule has 1 aromatic carbocycles. The van der Waals surface area contributed by atoms with E-state index in [2.05, 4.69) is 16.9 Å². The molecule has 3 aromatic rings. The lowest BCUT2D eigenvalue weighted by Crippen LogP contribution is -2.52. The minimum Gasteiger partial charge on any atom is -0.493 e. The number of aliphatic hydroxyl groups is 1. The zero-order valence-electron chi connectivity index (χ0n) is 18.9. The van der Waals surface area contributed by atoms with Crippen LogP contribution in [0.15, 0.2) is 34.9 Å². The molecular formula is C25H28ClN3O4. The average Bonchev–Trinajstić information content (AvgIpc) is 3.41. The number of rotatable bonds is 6. The number of nitrogens with zero attached hydrogens (tertiary/aromatic N) is 3. The molecule has 2 unspecified atom stereocenters. The van der Waals surface area contributed by atoms with Crippen LogP contribution < -0.4 is 4.74 Å². The van der Waals surface area contributed by atoms with Gasteiger partial charge >= 0.3 is 0 Å². The molecular weight excluding hydrogens is 442 g/mol. The molecule has 0 radical (unpaired) electrons. The summed E-state index contributed by atoms with van der Waals surface area (Å²) in [6.45, 7) is 2.79. The summed E-state index contributed by atoms with van der Waals surface area (Å²) in [4.78, 5) is 24.4. The van der Waals surface area contributed by atoms with Gasteiger partial charge in [0.15, 0.2) is 17.2 Å². The van der Waals surface area contributed by atoms with Crippen molar-refractivity contribution >= 4 is 28.6 Å². The summed E-state index contributed by atoms with van der Waals surface area (Å²) in [5.74, 6) is 1.32. The van der Waals surface area contributed by atoms with Crippen LogP contribution >= 0.6 is 11.6 Å². The Kier molecular flexibility index (Phi) is 5.79. The predicted molar refractivity (Wildman–Crippen MR) is 125 cm³/mol. The van der Waals surface area contributed by atoms with E-state index in [1.165, 1.54) is 0 Å². The lowest BCUT2D eigenvalue weighted by Gasteiger charge is -2.41. The minimum atomic E-state index is -0.737. The highest BCUT2D eigenvalue weighted by Gasteiger charge is 2.52. The maximum absolute atomic E-state index is 13.6. The number of piperidine rings is 1. The number of pyridine rings is 1. The third-order valence-electron chi connectivity index (χ3n) is 6.80. The van der Waals surface area contributed by atoms with Gasteiger partial charge in [0.25, 0.3) is 5.91 Å². The second-order valence-corrected chi connectivity index (χ2v) is 9.80. The number of methoxy groups -OCH3 is 1. The van der Waals surface area contributed by atoms with Gasteiger partial charge in [0.05, 0.1) is 18.8 Å². The lowest BCUT2D eigenvalue weighted by molar-refractivity contribution is 0.0000714. The minimum absolute atomic E-state index is 0.0975.